The first-order valence-corrected chi connectivity index (χ1v) is 4.57. The number of halogens is 3. The maximum absolute atomic E-state index is 10.9. The molecule has 0 radical (unpaired) electrons. The van der Waals surface area contributed by atoms with E-state index in [0.29, 0.717) is 5.56 Å². The number of allylic oxidation sites excluding steroid dienone is 1. The largest absolute Gasteiger partial charge is 0.275 e. The predicted octanol–water partition coefficient (Wildman–Crippen LogP) is 3.60. The van der Waals surface area contributed by atoms with Crippen LogP contribution in [0.25, 0.3) is 5.57 Å². The van der Waals surface area contributed by atoms with E-state index >= 15 is 0 Å². The first-order valence-electron chi connectivity index (χ1n) is 3.43. The van der Waals surface area contributed by atoms with E-state index in [0.717, 1.165) is 0 Å². The van der Waals surface area contributed by atoms with Gasteiger partial charge in [0.05, 0.1) is 5.57 Å². The molecule has 1 aromatic rings. The number of benzene rings is 1. The fourth-order valence-corrected chi connectivity index (χ4v) is 1.59. The molecule has 1 rings (SSSR count). The highest BCUT2D eigenvalue weighted by Gasteiger charge is 2.12. The van der Waals surface area contributed by atoms with E-state index in [2.05, 4.69) is 0 Å². The lowest BCUT2D eigenvalue weighted by Gasteiger charge is -2.01. The molecule has 0 unspecified atom stereocenters. The Hall–Kier alpha value is -0.500. The zero-order chi connectivity index (χ0) is 9.84. The monoisotopic (exact) mass is 234 g/mol. The summed E-state index contributed by atoms with van der Waals surface area (Å²) in [6.07, 6.45) is 0. The molecule has 0 spiro atoms. The molecule has 1 nitrogen and oxygen atoms in total. The third-order valence-electron chi connectivity index (χ3n) is 1.45. The first kappa shape index (κ1) is 10.6. The third-order valence-corrected chi connectivity index (χ3v) is 2.01. The Kier molecular flexibility index (Phi) is 3.79. The highest BCUT2D eigenvalue weighted by Crippen LogP contribution is 2.26. The van der Waals surface area contributed by atoms with Gasteiger partial charge in [0.25, 0.3) is 5.24 Å². The van der Waals surface area contributed by atoms with E-state index in [1.807, 2.05) is 6.07 Å². The molecule has 0 heterocycles. The van der Waals surface area contributed by atoms with Crippen molar-refractivity contribution >= 4 is 45.6 Å². The maximum Gasteiger partial charge on any atom is 0.255 e. The number of hydrogen-bond donors (Lipinski definition) is 0. The predicted molar refractivity (Wildman–Crippen MR) is 55.9 cm³/mol. The Morgan fingerprint density at radius 3 is 1.92 bits per heavy atom. The van der Waals surface area contributed by atoms with Crippen molar-refractivity contribution in [2.45, 2.75) is 0 Å². The Labute approximate surface area is 90.9 Å². The summed E-state index contributed by atoms with van der Waals surface area (Å²) in [5, 5.41) is -0.661. The molecule has 0 bridgehead atoms. The van der Waals surface area contributed by atoms with Gasteiger partial charge in [-0.05, 0) is 17.2 Å². The molecule has 0 aromatic heterocycles. The van der Waals surface area contributed by atoms with Crippen LogP contribution in [0.3, 0.4) is 0 Å². The molecule has 68 valence electrons. The molecule has 0 saturated heterocycles. The summed E-state index contributed by atoms with van der Waals surface area (Å²) < 4.78 is -0.119. The SMILES string of the molecule is O=C(Cl)C(=C(Cl)Cl)c1ccccc1. The minimum absolute atomic E-state index is 0.119. The van der Waals surface area contributed by atoms with Crippen molar-refractivity contribution in [1.82, 2.24) is 0 Å². The van der Waals surface area contributed by atoms with Gasteiger partial charge in [0, 0.05) is 0 Å². The minimum Gasteiger partial charge on any atom is -0.275 e. The van der Waals surface area contributed by atoms with Gasteiger partial charge in [-0.25, -0.2) is 0 Å². The molecule has 13 heavy (non-hydrogen) atoms. The molecule has 0 aliphatic heterocycles. The Bertz CT molecular complexity index is 339. The molecule has 4 heteroatoms. The normalized spacial score (nSPS) is 9.46. The van der Waals surface area contributed by atoms with Gasteiger partial charge in [0.15, 0.2) is 0 Å². The van der Waals surface area contributed by atoms with Crippen molar-refractivity contribution in [1.29, 1.82) is 0 Å². The second-order valence-electron chi connectivity index (χ2n) is 2.28. The minimum atomic E-state index is -0.661. The third kappa shape index (κ3) is 2.73. The number of hydrogen-bond acceptors (Lipinski definition) is 1. The van der Waals surface area contributed by atoms with E-state index in [1.165, 1.54) is 0 Å². The van der Waals surface area contributed by atoms with E-state index in [4.69, 9.17) is 34.8 Å². The lowest BCUT2D eigenvalue weighted by atomic mass is 10.1. The lowest BCUT2D eigenvalue weighted by molar-refractivity contribution is -0.106. The van der Waals surface area contributed by atoms with E-state index in [1.54, 1.807) is 24.3 Å². The summed E-state index contributed by atoms with van der Waals surface area (Å²) in [7, 11) is 0. The molecule has 1 aromatic carbocycles. The molecule has 0 atom stereocenters. The Balaban J connectivity index is 3.20. The van der Waals surface area contributed by atoms with Crippen LogP contribution >= 0.6 is 34.8 Å². The average molecular weight is 235 g/mol. The van der Waals surface area contributed by atoms with Crippen LogP contribution in [-0.2, 0) is 4.79 Å². The van der Waals surface area contributed by atoms with Crippen molar-refractivity contribution < 1.29 is 4.79 Å². The summed E-state index contributed by atoms with van der Waals surface area (Å²) in [6.45, 7) is 0. The van der Waals surface area contributed by atoms with Crippen LogP contribution in [0.1, 0.15) is 5.56 Å². The van der Waals surface area contributed by atoms with Crippen molar-refractivity contribution in [3.63, 3.8) is 0 Å². The quantitative estimate of drug-likeness (QED) is 0.565. The summed E-state index contributed by atoms with van der Waals surface area (Å²) in [4.78, 5) is 10.9. The van der Waals surface area contributed by atoms with Gasteiger partial charge in [0.1, 0.15) is 4.49 Å². The van der Waals surface area contributed by atoms with Crippen LogP contribution in [0, 0.1) is 0 Å². The van der Waals surface area contributed by atoms with Crippen LogP contribution in [0.15, 0.2) is 34.8 Å². The second kappa shape index (κ2) is 4.66. The van der Waals surface area contributed by atoms with Gasteiger partial charge in [-0.1, -0.05) is 53.5 Å². The summed E-state index contributed by atoms with van der Waals surface area (Å²) in [6, 6.07) is 8.78. The topological polar surface area (TPSA) is 17.1 Å². The van der Waals surface area contributed by atoms with E-state index in [-0.39, 0.29) is 10.1 Å². The van der Waals surface area contributed by atoms with E-state index in [9.17, 15) is 4.79 Å². The zero-order valence-electron chi connectivity index (χ0n) is 6.43. The maximum atomic E-state index is 10.9. The van der Waals surface area contributed by atoms with Gasteiger partial charge in [-0.2, -0.15) is 0 Å². The first-order chi connectivity index (χ1) is 6.13. The summed E-state index contributed by atoms with van der Waals surface area (Å²) >= 11 is 16.3. The average Bonchev–Trinajstić information content (AvgIpc) is 2.04. The van der Waals surface area contributed by atoms with Crippen molar-refractivity contribution in [3.8, 4) is 0 Å². The fraction of sp³-hybridized carbons (Fsp3) is 0. The molecular formula is C9H5Cl3O. The molecular weight excluding hydrogens is 230 g/mol. The molecule has 0 fully saturated rings. The van der Waals surface area contributed by atoms with Gasteiger partial charge < -0.3 is 0 Å². The van der Waals surface area contributed by atoms with Gasteiger partial charge in [-0.15, -0.1) is 0 Å². The van der Waals surface area contributed by atoms with Crippen LogP contribution in [0.5, 0.6) is 0 Å². The summed E-state index contributed by atoms with van der Waals surface area (Å²) in [5.74, 6) is 0. The van der Waals surface area contributed by atoms with Crippen LogP contribution < -0.4 is 0 Å². The van der Waals surface area contributed by atoms with E-state index < -0.39 is 5.24 Å². The fourth-order valence-electron chi connectivity index (χ4n) is 0.902. The Morgan fingerprint density at radius 1 is 1.00 bits per heavy atom. The molecule has 0 amide bonds. The van der Waals surface area contributed by atoms with Crippen LogP contribution in [0.4, 0.5) is 0 Å². The second-order valence-corrected chi connectivity index (χ2v) is 3.57. The number of rotatable bonds is 2. The molecule has 0 saturated carbocycles. The van der Waals surface area contributed by atoms with Gasteiger partial charge in [0.2, 0.25) is 0 Å². The highest BCUT2D eigenvalue weighted by molar-refractivity contribution is 6.78. The van der Waals surface area contributed by atoms with Crippen LogP contribution in [-0.4, -0.2) is 5.24 Å². The summed E-state index contributed by atoms with van der Waals surface area (Å²) in [5.41, 5.74) is 0.744. The van der Waals surface area contributed by atoms with Crippen LogP contribution in [0.2, 0.25) is 0 Å². The highest BCUT2D eigenvalue weighted by atomic mass is 35.5. The molecule has 0 aliphatic carbocycles. The number of carbonyl (C=O) groups is 1. The van der Waals surface area contributed by atoms with Gasteiger partial charge >= 0.3 is 0 Å². The van der Waals surface area contributed by atoms with Crippen molar-refractivity contribution in [3.05, 3.63) is 40.4 Å². The number of carbonyl (C=O) groups excluding carboxylic acids is 1. The molecule has 0 N–H and O–H groups in total. The Morgan fingerprint density at radius 2 is 1.54 bits per heavy atom. The van der Waals surface area contributed by atoms with Crippen molar-refractivity contribution in [2.24, 2.45) is 0 Å². The smallest absolute Gasteiger partial charge is 0.255 e. The standard InChI is InChI=1S/C9H5Cl3O/c10-8(11)7(9(12)13)6-4-2-1-3-5-6/h1-5H. The van der Waals surface area contributed by atoms with Crippen molar-refractivity contribution in [2.75, 3.05) is 0 Å². The lowest BCUT2D eigenvalue weighted by Crippen LogP contribution is -1.93. The van der Waals surface area contributed by atoms with Gasteiger partial charge in [-0.3, -0.25) is 4.79 Å². The zero-order valence-corrected chi connectivity index (χ0v) is 8.70. The molecule has 0 aliphatic rings.